The van der Waals surface area contributed by atoms with Crippen LogP contribution in [-0.2, 0) is 0 Å². The van der Waals surface area contributed by atoms with Crippen molar-refractivity contribution in [3.8, 4) is 0 Å². The predicted molar refractivity (Wildman–Crippen MR) is 221 cm³/mol. The molecule has 0 saturated carbocycles. The van der Waals surface area contributed by atoms with Crippen LogP contribution in [0.5, 0.6) is 0 Å². The van der Waals surface area contributed by atoms with Crippen molar-refractivity contribution >= 4 is 72.4 Å². The molecule has 376 valence electrons. The maximum atomic E-state index is 14.8. The van der Waals surface area contributed by atoms with Gasteiger partial charge < -0.3 is 21.3 Å². The van der Waals surface area contributed by atoms with Crippen LogP contribution in [0, 0.1) is 0 Å². The Bertz CT molecular complexity index is 2060. The Balaban J connectivity index is 0.891. The van der Waals surface area contributed by atoms with E-state index in [1.165, 1.54) is 98.0 Å². The van der Waals surface area contributed by atoms with Gasteiger partial charge in [-0.15, -0.1) is 0 Å². The van der Waals surface area contributed by atoms with Gasteiger partial charge in [0.2, 0.25) is 0 Å². The third-order valence-corrected chi connectivity index (χ3v) is 13.3. The molecule has 0 spiro atoms. The molecule has 0 aromatic carbocycles. The average Bonchev–Trinajstić information content (AvgIpc) is 3.28. The van der Waals surface area contributed by atoms with E-state index in [-0.39, 0.29) is 66.7 Å². The molecule has 11 heterocycles. The standard InChI is InChI=1S/C34H48N24O12/c59-23-35-1-36-24(60)40-3-39(23)5-43-9-44(6-40)28(64)48-11-47(27(43)63)13-51-17-52(14-48)32(68)56-19-55(31(51)67)21-57-20-58(22-56)34(70)54-16-50-12-49(15-53(18-54)33(57)69)29(65)45-7-41-4-42(8-46(10-45)30(50)66)26(62)38-2-37-25(41)61/h1-22H2,(H,35,59)(H,36,60)(H,37,61)(H,38,62). The molecule has 36 nitrogen and oxygen atoms in total. The minimum atomic E-state index is -0.723. The van der Waals surface area contributed by atoms with E-state index in [1.54, 1.807) is 0 Å². The first kappa shape index (κ1) is 43.8. The Labute approximate surface area is 395 Å². The van der Waals surface area contributed by atoms with Crippen LogP contribution in [0.25, 0.3) is 0 Å². The zero-order valence-corrected chi connectivity index (χ0v) is 37.4. The molecule has 11 saturated heterocycles. The lowest BCUT2D eigenvalue weighted by Gasteiger charge is -2.53. The lowest BCUT2D eigenvalue weighted by Crippen LogP contribution is -2.74. The molecule has 24 amide bonds. The monoisotopic (exact) mass is 984 g/mol. The van der Waals surface area contributed by atoms with Crippen LogP contribution in [0.1, 0.15) is 0 Å². The van der Waals surface area contributed by atoms with Gasteiger partial charge in [0.05, 0.1) is 13.3 Å². The zero-order valence-electron chi connectivity index (χ0n) is 37.4. The van der Waals surface area contributed by atoms with Crippen molar-refractivity contribution in [3.63, 3.8) is 0 Å². The summed E-state index contributed by atoms with van der Waals surface area (Å²) in [6.07, 6.45) is 0. The van der Waals surface area contributed by atoms with Gasteiger partial charge in [-0.1, -0.05) is 0 Å². The third kappa shape index (κ3) is 7.54. The van der Waals surface area contributed by atoms with Crippen LogP contribution in [0.3, 0.4) is 0 Å². The van der Waals surface area contributed by atoms with Gasteiger partial charge in [-0.05, 0) is 0 Å². The van der Waals surface area contributed by atoms with Crippen molar-refractivity contribution in [1.82, 2.24) is 119 Å². The largest absolute Gasteiger partial charge is 0.325 e. The number of carbonyl (C=O) groups excluding carboxylic acids is 12. The first-order valence-corrected chi connectivity index (χ1v) is 22.0. The number of amides is 24. The number of rotatable bonds is 0. The lowest BCUT2D eigenvalue weighted by atomic mass is 10.4. The Morgan fingerprint density at radius 1 is 0.171 bits per heavy atom. The zero-order chi connectivity index (χ0) is 48.9. The van der Waals surface area contributed by atoms with Crippen molar-refractivity contribution in [3.05, 3.63) is 0 Å². The number of hydrogen-bond acceptors (Lipinski definition) is 12. The van der Waals surface area contributed by atoms with Gasteiger partial charge in [-0.3, -0.25) is 98.0 Å². The highest BCUT2D eigenvalue weighted by Gasteiger charge is 2.49. The molecule has 0 atom stereocenters. The van der Waals surface area contributed by atoms with E-state index >= 15 is 0 Å². The summed E-state index contributed by atoms with van der Waals surface area (Å²) in [6.45, 7) is -8.71. The minimum Gasteiger partial charge on any atom is -0.320 e. The Morgan fingerprint density at radius 2 is 0.271 bits per heavy atom. The Kier molecular flexibility index (Phi) is 10.3. The molecule has 0 aromatic rings. The highest BCUT2D eigenvalue weighted by atomic mass is 16.2. The van der Waals surface area contributed by atoms with Crippen LogP contribution >= 0.6 is 0 Å². The van der Waals surface area contributed by atoms with E-state index in [2.05, 4.69) is 21.3 Å². The molecule has 0 aliphatic carbocycles. The van der Waals surface area contributed by atoms with Gasteiger partial charge in [-0.25, -0.2) is 57.5 Å². The molecule has 20 bridgehead atoms. The summed E-state index contributed by atoms with van der Waals surface area (Å²) >= 11 is 0. The fourth-order valence-electron chi connectivity index (χ4n) is 9.90. The summed E-state index contributed by atoms with van der Waals surface area (Å²) in [6, 6.07) is -7.91. The van der Waals surface area contributed by atoms with Crippen LogP contribution in [0.2, 0.25) is 0 Å². The molecule has 11 rings (SSSR count). The summed E-state index contributed by atoms with van der Waals surface area (Å²) in [5, 5.41) is 10.2. The first-order chi connectivity index (χ1) is 33.6. The van der Waals surface area contributed by atoms with Crippen LogP contribution in [0.15, 0.2) is 0 Å². The number of urea groups is 12. The highest BCUT2D eigenvalue weighted by Crippen LogP contribution is 2.27. The van der Waals surface area contributed by atoms with Gasteiger partial charge in [0, 0.05) is 0 Å². The third-order valence-electron chi connectivity index (χ3n) is 13.3. The molecule has 0 radical (unpaired) electrons. The number of hydrogen-bond donors (Lipinski definition) is 4. The summed E-state index contributed by atoms with van der Waals surface area (Å²) < 4.78 is 0. The smallest absolute Gasteiger partial charge is 0.320 e. The molecule has 36 heteroatoms. The van der Waals surface area contributed by atoms with Gasteiger partial charge in [-0.2, -0.15) is 0 Å². The summed E-state index contributed by atoms with van der Waals surface area (Å²) in [4.78, 5) is 193. The normalized spacial score (nSPS) is 25.3. The predicted octanol–water partition coefficient (Wildman–Crippen LogP) is -4.96. The molecule has 11 aliphatic rings. The van der Waals surface area contributed by atoms with Crippen molar-refractivity contribution in [2.75, 3.05) is 147 Å². The average molecular weight is 985 g/mol. The second-order valence-electron chi connectivity index (χ2n) is 18.2. The second-order valence-corrected chi connectivity index (χ2v) is 18.2. The van der Waals surface area contributed by atoms with Crippen LogP contribution in [-0.4, -0.2) is 317 Å². The maximum absolute atomic E-state index is 14.8. The number of nitrogens with zero attached hydrogens (tertiary/aromatic N) is 20. The van der Waals surface area contributed by atoms with Gasteiger partial charge in [0.15, 0.2) is 0 Å². The van der Waals surface area contributed by atoms with E-state index in [0.717, 1.165) is 0 Å². The molecule has 70 heavy (non-hydrogen) atoms. The molecule has 0 aromatic heterocycles. The quantitative estimate of drug-likeness (QED) is 0.178. The summed E-state index contributed by atoms with van der Waals surface area (Å²) in [5.41, 5.74) is 0. The van der Waals surface area contributed by atoms with E-state index in [1.807, 2.05) is 0 Å². The van der Waals surface area contributed by atoms with Crippen molar-refractivity contribution in [2.24, 2.45) is 0 Å². The molecule has 11 aliphatic heterocycles. The highest BCUT2D eigenvalue weighted by molar-refractivity contribution is 5.87. The van der Waals surface area contributed by atoms with Crippen LogP contribution in [0.4, 0.5) is 57.5 Å². The second kappa shape index (κ2) is 16.5. The molecule has 0 unspecified atom stereocenters. The number of carbonyl (C=O) groups is 12. The summed E-state index contributed by atoms with van der Waals surface area (Å²) in [5.74, 6) is 0. The topological polar surface area (TPSA) is 318 Å². The lowest BCUT2D eigenvalue weighted by molar-refractivity contribution is -0.0610. The Hall–Kier alpha value is -8.76. The molecule has 11 fully saturated rings. The van der Waals surface area contributed by atoms with Crippen molar-refractivity contribution in [1.29, 1.82) is 0 Å². The van der Waals surface area contributed by atoms with Gasteiger partial charge >= 0.3 is 72.4 Å². The number of fused-ring (bicyclic) bond motifs is 20. The SMILES string of the molecule is O=C1NCNC(=O)N2CN1CN1CN(C2)C(=O)N2CN(CN3CN(C2)C(=O)N2CN(CN4CN(C2)C(=O)N2CN5CN(CN(C2)C4=O)C(=O)N2CN4CN(CN(C2)C5=O)C(=O)NCNC4=O)C3=O)C1=O. The molecule has 4 N–H and O–H groups in total. The van der Waals surface area contributed by atoms with Crippen LogP contribution < -0.4 is 21.3 Å². The van der Waals surface area contributed by atoms with Crippen molar-refractivity contribution < 1.29 is 57.5 Å². The van der Waals surface area contributed by atoms with Gasteiger partial charge in [0.1, 0.15) is 133 Å². The van der Waals surface area contributed by atoms with E-state index in [9.17, 15) is 57.5 Å². The fourth-order valence-corrected chi connectivity index (χ4v) is 9.90. The van der Waals surface area contributed by atoms with E-state index in [0.29, 0.717) is 0 Å². The Morgan fingerprint density at radius 3 is 0.400 bits per heavy atom. The number of nitrogens with one attached hydrogen (secondary N) is 4. The van der Waals surface area contributed by atoms with E-state index < -0.39 is 152 Å². The fraction of sp³-hybridized carbons (Fsp3) is 0.647. The molecular formula is C34H48N24O12. The maximum Gasteiger partial charge on any atom is 0.325 e. The first-order valence-electron chi connectivity index (χ1n) is 22.0. The molecular weight excluding hydrogens is 937 g/mol. The summed E-state index contributed by atoms with van der Waals surface area (Å²) in [7, 11) is 0. The minimum absolute atomic E-state index is 0.218. The van der Waals surface area contributed by atoms with E-state index in [4.69, 9.17) is 0 Å². The van der Waals surface area contributed by atoms with Crippen molar-refractivity contribution in [2.45, 2.75) is 0 Å². The van der Waals surface area contributed by atoms with Gasteiger partial charge in [0.25, 0.3) is 0 Å².